The summed E-state index contributed by atoms with van der Waals surface area (Å²) in [7, 11) is 0. The van der Waals surface area contributed by atoms with Crippen LogP contribution in [0.2, 0.25) is 0 Å². The number of amides is 1. The van der Waals surface area contributed by atoms with Crippen molar-refractivity contribution in [3.05, 3.63) is 28.7 Å². The fraction of sp³-hybridized carbons (Fsp3) is 0.562. The Morgan fingerprint density at radius 1 is 1.15 bits per heavy atom. The first kappa shape index (κ1) is 17.2. The van der Waals surface area contributed by atoms with Crippen LogP contribution in [0.25, 0.3) is 0 Å². The van der Waals surface area contributed by atoms with Gasteiger partial charge >= 0.3 is 0 Å². The lowest BCUT2D eigenvalue weighted by Crippen LogP contribution is -2.34. The van der Waals surface area contributed by atoms with E-state index in [2.05, 4.69) is 47.3 Å². The third kappa shape index (κ3) is 7.65. The number of carbonyl (C=O) groups excluding carboxylic acids is 1. The number of rotatable bonds is 8. The quantitative estimate of drug-likeness (QED) is 0.744. The minimum absolute atomic E-state index is 0.00281. The molecule has 0 aliphatic rings. The van der Waals surface area contributed by atoms with Crippen LogP contribution in [0.3, 0.4) is 0 Å². The molecule has 1 rings (SSSR count). The van der Waals surface area contributed by atoms with Gasteiger partial charge in [-0.05, 0) is 43.5 Å². The normalized spacial score (nSPS) is 12.4. The zero-order chi connectivity index (χ0) is 15.0. The highest BCUT2D eigenvalue weighted by atomic mass is 79.9. The van der Waals surface area contributed by atoms with Crippen LogP contribution in [0.5, 0.6) is 0 Å². The van der Waals surface area contributed by atoms with Crippen molar-refractivity contribution in [2.45, 2.75) is 46.1 Å². The van der Waals surface area contributed by atoms with Crippen molar-refractivity contribution in [2.75, 3.05) is 11.9 Å². The van der Waals surface area contributed by atoms with Gasteiger partial charge in [-0.2, -0.15) is 0 Å². The lowest BCUT2D eigenvalue weighted by Gasteiger charge is -2.14. The smallest absolute Gasteiger partial charge is 0.238 e. The average Bonchev–Trinajstić information content (AvgIpc) is 2.39. The molecule has 112 valence electrons. The summed E-state index contributed by atoms with van der Waals surface area (Å²) in [4.78, 5) is 11.8. The molecule has 0 saturated heterocycles. The molecule has 0 radical (unpaired) electrons. The van der Waals surface area contributed by atoms with Crippen LogP contribution in [-0.4, -0.2) is 18.5 Å². The van der Waals surface area contributed by atoms with Crippen molar-refractivity contribution >= 4 is 27.5 Å². The molecule has 1 aromatic carbocycles. The van der Waals surface area contributed by atoms with Gasteiger partial charge in [0.2, 0.25) is 5.91 Å². The van der Waals surface area contributed by atoms with Gasteiger partial charge in [0.25, 0.3) is 0 Å². The highest BCUT2D eigenvalue weighted by Crippen LogP contribution is 2.13. The SMILES string of the molecule is CC(C)CCCC(C)NCC(=O)Nc1ccc(Br)cc1. The number of anilines is 1. The molecule has 0 saturated carbocycles. The molecule has 1 aromatic rings. The fourth-order valence-electron chi connectivity index (χ4n) is 1.94. The van der Waals surface area contributed by atoms with Gasteiger partial charge in [-0.25, -0.2) is 0 Å². The Balaban J connectivity index is 2.20. The van der Waals surface area contributed by atoms with E-state index in [1.165, 1.54) is 12.8 Å². The van der Waals surface area contributed by atoms with Gasteiger partial charge < -0.3 is 10.6 Å². The fourth-order valence-corrected chi connectivity index (χ4v) is 2.20. The molecule has 1 unspecified atom stereocenters. The number of halogens is 1. The van der Waals surface area contributed by atoms with Crippen LogP contribution in [0.1, 0.15) is 40.0 Å². The molecular weight excluding hydrogens is 316 g/mol. The summed E-state index contributed by atoms with van der Waals surface area (Å²) in [6.07, 6.45) is 3.57. The van der Waals surface area contributed by atoms with Gasteiger partial charge in [-0.1, -0.05) is 42.6 Å². The summed E-state index contributed by atoms with van der Waals surface area (Å²) in [5.74, 6) is 0.755. The van der Waals surface area contributed by atoms with Crippen molar-refractivity contribution in [3.63, 3.8) is 0 Å². The summed E-state index contributed by atoms with van der Waals surface area (Å²) < 4.78 is 1.01. The average molecular weight is 341 g/mol. The summed E-state index contributed by atoms with van der Waals surface area (Å²) in [5, 5.41) is 6.14. The van der Waals surface area contributed by atoms with E-state index in [9.17, 15) is 4.79 Å². The maximum atomic E-state index is 11.8. The van der Waals surface area contributed by atoms with Crippen LogP contribution >= 0.6 is 15.9 Å². The molecule has 1 amide bonds. The van der Waals surface area contributed by atoms with Crippen molar-refractivity contribution in [3.8, 4) is 0 Å². The molecule has 0 fully saturated rings. The Morgan fingerprint density at radius 3 is 2.40 bits per heavy atom. The van der Waals surface area contributed by atoms with Crippen LogP contribution < -0.4 is 10.6 Å². The summed E-state index contributed by atoms with van der Waals surface area (Å²) >= 11 is 3.37. The molecule has 2 N–H and O–H groups in total. The first-order chi connectivity index (χ1) is 9.47. The molecule has 0 aliphatic heterocycles. The van der Waals surface area contributed by atoms with Gasteiger partial charge in [0.05, 0.1) is 6.54 Å². The Hall–Kier alpha value is -0.870. The first-order valence-corrected chi connectivity index (χ1v) is 8.05. The predicted octanol–water partition coefficient (Wildman–Crippen LogP) is 4.19. The Kier molecular flexibility index (Phi) is 7.85. The third-order valence-electron chi connectivity index (χ3n) is 3.16. The Bertz CT molecular complexity index is 403. The van der Waals surface area contributed by atoms with Crippen LogP contribution in [0, 0.1) is 5.92 Å². The van der Waals surface area contributed by atoms with E-state index in [-0.39, 0.29) is 5.91 Å². The molecule has 0 spiro atoms. The molecule has 1 atom stereocenters. The highest BCUT2D eigenvalue weighted by molar-refractivity contribution is 9.10. The second-order valence-electron chi connectivity index (χ2n) is 5.66. The summed E-state index contributed by atoms with van der Waals surface area (Å²) in [6, 6.07) is 7.97. The van der Waals surface area contributed by atoms with E-state index < -0.39 is 0 Å². The molecule has 4 heteroatoms. The monoisotopic (exact) mass is 340 g/mol. The van der Waals surface area contributed by atoms with Crippen LogP contribution in [-0.2, 0) is 4.79 Å². The Labute approximate surface area is 130 Å². The summed E-state index contributed by atoms with van der Waals surface area (Å²) in [6.45, 7) is 6.97. The van der Waals surface area contributed by atoms with Gasteiger partial charge in [0.1, 0.15) is 0 Å². The molecule has 0 bridgehead atoms. The van der Waals surface area contributed by atoms with E-state index in [0.717, 1.165) is 22.5 Å². The second kappa shape index (κ2) is 9.14. The number of benzene rings is 1. The van der Waals surface area contributed by atoms with Crippen molar-refractivity contribution in [2.24, 2.45) is 5.92 Å². The lowest BCUT2D eigenvalue weighted by atomic mass is 10.0. The number of nitrogens with one attached hydrogen (secondary N) is 2. The third-order valence-corrected chi connectivity index (χ3v) is 3.69. The Morgan fingerprint density at radius 2 is 1.80 bits per heavy atom. The van der Waals surface area contributed by atoms with E-state index >= 15 is 0 Å². The molecule has 3 nitrogen and oxygen atoms in total. The van der Waals surface area contributed by atoms with E-state index in [4.69, 9.17) is 0 Å². The van der Waals surface area contributed by atoms with Gasteiger partial charge in [-0.15, -0.1) is 0 Å². The minimum atomic E-state index is 0.00281. The zero-order valence-electron chi connectivity index (χ0n) is 12.6. The van der Waals surface area contributed by atoms with E-state index in [0.29, 0.717) is 12.6 Å². The summed E-state index contributed by atoms with van der Waals surface area (Å²) in [5.41, 5.74) is 0.826. The molecule has 20 heavy (non-hydrogen) atoms. The molecular formula is C16H25BrN2O. The van der Waals surface area contributed by atoms with Gasteiger partial charge in [0.15, 0.2) is 0 Å². The number of hydrogen-bond acceptors (Lipinski definition) is 2. The van der Waals surface area contributed by atoms with Gasteiger partial charge in [0, 0.05) is 16.2 Å². The maximum Gasteiger partial charge on any atom is 0.238 e. The highest BCUT2D eigenvalue weighted by Gasteiger charge is 2.06. The molecule has 0 heterocycles. The van der Waals surface area contributed by atoms with Crippen LogP contribution in [0.4, 0.5) is 5.69 Å². The first-order valence-electron chi connectivity index (χ1n) is 7.26. The van der Waals surface area contributed by atoms with Gasteiger partial charge in [-0.3, -0.25) is 4.79 Å². The second-order valence-corrected chi connectivity index (χ2v) is 6.58. The largest absolute Gasteiger partial charge is 0.325 e. The van der Waals surface area contributed by atoms with Crippen molar-refractivity contribution in [1.29, 1.82) is 0 Å². The minimum Gasteiger partial charge on any atom is -0.325 e. The zero-order valence-corrected chi connectivity index (χ0v) is 14.2. The van der Waals surface area contributed by atoms with Crippen molar-refractivity contribution < 1.29 is 4.79 Å². The topological polar surface area (TPSA) is 41.1 Å². The molecule has 0 aromatic heterocycles. The lowest BCUT2D eigenvalue weighted by molar-refractivity contribution is -0.115. The molecule has 0 aliphatic carbocycles. The standard InChI is InChI=1S/C16H25BrN2O/c1-12(2)5-4-6-13(3)18-11-16(20)19-15-9-7-14(17)8-10-15/h7-10,12-13,18H,4-6,11H2,1-3H3,(H,19,20). The predicted molar refractivity (Wildman–Crippen MR) is 88.9 cm³/mol. The maximum absolute atomic E-state index is 11.8. The van der Waals surface area contributed by atoms with E-state index in [1.807, 2.05) is 24.3 Å². The number of hydrogen-bond donors (Lipinski definition) is 2. The van der Waals surface area contributed by atoms with E-state index in [1.54, 1.807) is 0 Å². The van der Waals surface area contributed by atoms with Crippen molar-refractivity contribution in [1.82, 2.24) is 5.32 Å². The van der Waals surface area contributed by atoms with Crippen LogP contribution in [0.15, 0.2) is 28.7 Å². The number of carbonyl (C=O) groups is 1.